The molecule has 2 aliphatic rings. The van der Waals surface area contributed by atoms with Crippen LogP contribution in [0.2, 0.25) is 0 Å². The highest BCUT2D eigenvalue weighted by molar-refractivity contribution is 5.90. The zero-order valence-electron chi connectivity index (χ0n) is 15.8. The Balaban J connectivity index is 1.34. The third-order valence-electron chi connectivity index (χ3n) is 5.42. The van der Waals surface area contributed by atoms with Crippen LogP contribution in [-0.4, -0.2) is 28.5 Å². The normalized spacial score (nSPS) is 16.3. The average Bonchev–Trinajstić information content (AvgIpc) is 3.65. The number of nitrogens with one attached hydrogen (secondary N) is 1. The van der Waals surface area contributed by atoms with E-state index in [1.807, 2.05) is 24.3 Å². The average molecular weight is 376 g/mol. The maximum atomic E-state index is 12.4. The van der Waals surface area contributed by atoms with Crippen molar-refractivity contribution in [2.24, 2.45) is 0 Å². The smallest absolute Gasteiger partial charge is 0.222 e. The van der Waals surface area contributed by atoms with Gasteiger partial charge in [-0.1, -0.05) is 12.1 Å². The highest BCUT2D eigenvalue weighted by atomic mass is 16.3. The van der Waals surface area contributed by atoms with E-state index in [-0.39, 0.29) is 5.91 Å². The van der Waals surface area contributed by atoms with E-state index in [0.717, 1.165) is 41.1 Å². The van der Waals surface area contributed by atoms with Crippen LogP contribution in [0.15, 0.2) is 47.1 Å². The van der Waals surface area contributed by atoms with Crippen molar-refractivity contribution in [3.8, 4) is 0 Å². The first-order valence-corrected chi connectivity index (χ1v) is 10.1. The van der Waals surface area contributed by atoms with Crippen molar-refractivity contribution >= 4 is 22.6 Å². The van der Waals surface area contributed by atoms with Crippen LogP contribution in [0.3, 0.4) is 0 Å². The molecule has 0 unspecified atom stereocenters. The van der Waals surface area contributed by atoms with Crippen LogP contribution in [0.5, 0.6) is 0 Å². The van der Waals surface area contributed by atoms with Gasteiger partial charge in [-0.3, -0.25) is 4.79 Å². The van der Waals surface area contributed by atoms with Gasteiger partial charge in [-0.15, -0.1) is 0 Å². The standard InChI is InChI=1S/C22H24N4O2/c27-20(23-14-17-4-3-13-28-17)11-12-26(16-9-10-16)22-18-5-1-2-6-19(18)24-21(25-22)15-7-8-15/h1-6,13,15-16H,7-12,14H2,(H,23,27). The second kappa shape index (κ2) is 7.26. The minimum atomic E-state index is 0.0304. The van der Waals surface area contributed by atoms with Crippen LogP contribution in [0.4, 0.5) is 5.82 Å². The largest absolute Gasteiger partial charge is 0.467 e. The molecule has 1 amide bonds. The fourth-order valence-corrected chi connectivity index (χ4v) is 3.58. The topological polar surface area (TPSA) is 71.3 Å². The lowest BCUT2D eigenvalue weighted by molar-refractivity contribution is -0.121. The van der Waals surface area contributed by atoms with E-state index in [2.05, 4.69) is 22.3 Å². The zero-order chi connectivity index (χ0) is 18.9. The first-order valence-electron chi connectivity index (χ1n) is 10.1. The summed E-state index contributed by atoms with van der Waals surface area (Å²) in [6, 6.07) is 12.4. The van der Waals surface area contributed by atoms with Gasteiger partial charge in [0, 0.05) is 30.3 Å². The lowest BCUT2D eigenvalue weighted by atomic mass is 10.2. The van der Waals surface area contributed by atoms with Gasteiger partial charge in [-0.25, -0.2) is 9.97 Å². The molecule has 0 aliphatic heterocycles. The molecule has 0 bridgehead atoms. The molecule has 2 heterocycles. The number of aromatic nitrogens is 2. The first kappa shape index (κ1) is 17.2. The highest BCUT2D eigenvalue weighted by Crippen LogP contribution is 2.41. The molecule has 2 saturated carbocycles. The molecule has 6 nitrogen and oxygen atoms in total. The maximum absolute atomic E-state index is 12.4. The van der Waals surface area contributed by atoms with E-state index >= 15 is 0 Å². The number of furan rings is 1. The van der Waals surface area contributed by atoms with Crippen molar-refractivity contribution in [3.05, 3.63) is 54.2 Å². The molecule has 144 valence electrons. The van der Waals surface area contributed by atoms with Gasteiger partial charge in [0.2, 0.25) is 5.91 Å². The quantitative estimate of drug-likeness (QED) is 0.648. The van der Waals surface area contributed by atoms with Gasteiger partial charge in [-0.2, -0.15) is 0 Å². The Morgan fingerprint density at radius 2 is 1.96 bits per heavy atom. The minimum absolute atomic E-state index is 0.0304. The molecule has 28 heavy (non-hydrogen) atoms. The molecule has 2 fully saturated rings. The number of amides is 1. The Morgan fingerprint density at radius 3 is 2.71 bits per heavy atom. The third-order valence-corrected chi connectivity index (χ3v) is 5.42. The SMILES string of the molecule is O=C(CCN(c1nc(C2CC2)nc2ccccc12)C1CC1)NCc1ccco1. The van der Waals surface area contributed by atoms with Crippen LogP contribution in [0.25, 0.3) is 10.9 Å². The van der Waals surface area contributed by atoms with Gasteiger partial charge in [0.15, 0.2) is 0 Å². The number of carbonyl (C=O) groups is 1. The predicted molar refractivity (Wildman–Crippen MR) is 107 cm³/mol. The first-order chi connectivity index (χ1) is 13.8. The Bertz CT molecular complexity index is 977. The van der Waals surface area contributed by atoms with Crippen LogP contribution in [0, 0.1) is 0 Å². The second-order valence-corrected chi connectivity index (χ2v) is 7.73. The van der Waals surface area contributed by atoms with E-state index in [9.17, 15) is 4.79 Å². The number of anilines is 1. The van der Waals surface area contributed by atoms with Crippen molar-refractivity contribution in [1.29, 1.82) is 0 Å². The number of hydrogen-bond acceptors (Lipinski definition) is 5. The van der Waals surface area contributed by atoms with E-state index in [1.165, 1.54) is 12.8 Å². The molecule has 2 aliphatic carbocycles. The van der Waals surface area contributed by atoms with E-state index in [0.29, 0.717) is 31.5 Å². The molecule has 2 aromatic heterocycles. The third kappa shape index (κ3) is 3.72. The number of nitrogens with zero attached hydrogens (tertiary/aromatic N) is 3. The monoisotopic (exact) mass is 376 g/mol. The fraction of sp³-hybridized carbons (Fsp3) is 0.409. The number of hydrogen-bond donors (Lipinski definition) is 1. The predicted octanol–water partition coefficient (Wildman–Crippen LogP) is 3.78. The number of para-hydroxylation sites is 1. The Hall–Kier alpha value is -2.89. The van der Waals surface area contributed by atoms with Gasteiger partial charge in [0.25, 0.3) is 0 Å². The number of rotatable bonds is 8. The van der Waals surface area contributed by atoms with Crippen molar-refractivity contribution in [3.63, 3.8) is 0 Å². The van der Waals surface area contributed by atoms with Crippen molar-refractivity contribution in [2.75, 3.05) is 11.4 Å². The summed E-state index contributed by atoms with van der Waals surface area (Å²) in [7, 11) is 0. The highest BCUT2D eigenvalue weighted by Gasteiger charge is 2.33. The molecule has 5 rings (SSSR count). The summed E-state index contributed by atoms with van der Waals surface area (Å²) in [6.07, 6.45) is 6.73. The fourth-order valence-electron chi connectivity index (χ4n) is 3.58. The summed E-state index contributed by atoms with van der Waals surface area (Å²) in [4.78, 5) is 24.4. The molecular formula is C22H24N4O2. The van der Waals surface area contributed by atoms with Crippen molar-refractivity contribution in [2.45, 2.75) is 50.6 Å². The Labute approximate surface area is 164 Å². The molecule has 6 heteroatoms. The number of fused-ring (bicyclic) bond motifs is 1. The number of benzene rings is 1. The lowest BCUT2D eigenvalue weighted by Gasteiger charge is -2.25. The van der Waals surface area contributed by atoms with Gasteiger partial charge in [0.05, 0.1) is 18.3 Å². The van der Waals surface area contributed by atoms with E-state index in [4.69, 9.17) is 14.4 Å². The summed E-state index contributed by atoms with van der Waals surface area (Å²) in [5, 5.41) is 4.01. The van der Waals surface area contributed by atoms with Crippen molar-refractivity contribution in [1.82, 2.24) is 15.3 Å². The van der Waals surface area contributed by atoms with Gasteiger partial charge < -0.3 is 14.6 Å². The maximum Gasteiger partial charge on any atom is 0.222 e. The molecule has 0 radical (unpaired) electrons. The lowest BCUT2D eigenvalue weighted by Crippen LogP contribution is -2.33. The summed E-state index contributed by atoms with van der Waals surface area (Å²) in [6.45, 7) is 1.09. The number of carbonyl (C=O) groups excluding carboxylic acids is 1. The molecule has 0 atom stereocenters. The molecule has 0 spiro atoms. The Morgan fingerprint density at radius 1 is 1.11 bits per heavy atom. The van der Waals surface area contributed by atoms with Crippen LogP contribution in [-0.2, 0) is 11.3 Å². The molecule has 1 N–H and O–H groups in total. The van der Waals surface area contributed by atoms with Crippen LogP contribution >= 0.6 is 0 Å². The molecule has 1 aromatic carbocycles. The molecule has 0 saturated heterocycles. The summed E-state index contributed by atoms with van der Waals surface area (Å²) in [5.74, 6) is 3.25. The van der Waals surface area contributed by atoms with E-state index < -0.39 is 0 Å². The van der Waals surface area contributed by atoms with Gasteiger partial charge in [-0.05, 0) is 49.9 Å². The van der Waals surface area contributed by atoms with Crippen molar-refractivity contribution < 1.29 is 9.21 Å². The minimum Gasteiger partial charge on any atom is -0.467 e. The summed E-state index contributed by atoms with van der Waals surface area (Å²) in [5.41, 5.74) is 1.00. The Kier molecular flexibility index (Phi) is 4.47. The zero-order valence-corrected chi connectivity index (χ0v) is 15.8. The van der Waals surface area contributed by atoms with Gasteiger partial charge >= 0.3 is 0 Å². The van der Waals surface area contributed by atoms with Gasteiger partial charge in [0.1, 0.15) is 17.4 Å². The second-order valence-electron chi connectivity index (χ2n) is 7.73. The van der Waals surface area contributed by atoms with Crippen LogP contribution in [0.1, 0.15) is 49.6 Å². The summed E-state index contributed by atoms with van der Waals surface area (Å²) < 4.78 is 5.27. The van der Waals surface area contributed by atoms with E-state index in [1.54, 1.807) is 6.26 Å². The molecular weight excluding hydrogens is 352 g/mol. The molecule has 3 aromatic rings. The van der Waals surface area contributed by atoms with Crippen LogP contribution < -0.4 is 10.2 Å². The summed E-state index contributed by atoms with van der Waals surface area (Å²) >= 11 is 0.